The van der Waals surface area contributed by atoms with Gasteiger partial charge in [0.25, 0.3) is 0 Å². The molecule has 2 saturated heterocycles. The van der Waals surface area contributed by atoms with E-state index in [1.807, 2.05) is 42.7 Å². The predicted octanol–water partition coefficient (Wildman–Crippen LogP) is 21.3. The molecule has 524 valence electrons. The maximum Gasteiger partial charge on any atom is -1.00 e. The van der Waals surface area contributed by atoms with Gasteiger partial charge in [0.05, 0.1) is 12.1 Å². The van der Waals surface area contributed by atoms with Crippen LogP contribution in [0.1, 0.15) is 282 Å². The number of benzene rings is 4. The molecule has 5 nitrogen and oxygen atoms in total. The van der Waals surface area contributed by atoms with Gasteiger partial charge in [-0.3, -0.25) is 12.9 Å². The van der Waals surface area contributed by atoms with Gasteiger partial charge in [0.1, 0.15) is 0 Å². The largest absolute Gasteiger partial charge is 1.00 e. The van der Waals surface area contributed by atoms with Gasteiger partial charge in [-0.2, -0.15) is 6.67 Å². The van der Waals surface area contributed by atoms with Gasteiger partial charge < -0.3 is 23.9 Å². The molecule has 17 heteroatoms. The van der Waals surface area contributed by atoms with Crippen LogP contribution in [0.5, 0.6) is 5.75 Å². The van der Waals surface area contributed by atoms with Crippen LogP contribution < -0.4 is 19.4 Å². The Bertz CT molecular complexity index is 2710. The zero-order valence-corrected chi connectivity index (χ0v) is 66.7. The van der Waals surface area contributed by atoms with Crippen molar-refractivity contribution in [3.8, 4) is 5.75 Å². The average Bonchev–Trinajstić information content (AvgIpc) is 1.39. The van der Waals surface area contributed by atoms with Crippen LogP contribution in [0, 0.1) is 13.3 Å². The molecule has 0 amide bonds. The average molecular weight is 1550 g/mol. The number of anilines is 3. The molecule has 1 N–H and O–H groups in total. The second-order valence-electron chi connectivity index (χ2n) is 29.4. The van der Waals surface area contributed by atoms with Gasteiger partial charge in [-0.15, -0.1) is 0 Å². The molecular formula is C75H118BCl4F4N4OPRu2. The van der Waals surface area contributed by atoms with Crippen molar-refractivity contribution in [2.45, 2.75) is 271 Å². The first-order valence-corrected chi connectivity index (χ1v) is 47.4. The van der Waals surface area contributed by atoms with E-state index in [2.05, 4.69) is 203 Å². The quantitative estimate of drug-likeness (QED) is 0.0279. The monoisotopic (exact) mass is 1550 g/mol. The maximum atomic E-state index is 9.67. The van der Waals surface area contributed by atoms with E-state index in [1.54, 1.807) is 0 Å². The van der Waals surface area contributed by atoms with Crippen molar-refractivity contribution in [1.82, 2.24) is 0 Å². The minimum atomic E-state index is -3.67. The summed E-state index contributed by atoms with van der Waals surface area (Å²) in [6.45, 7) is 44.4. The molecule has 3 saturated carbocycles. The van der Waals surface area contributed by atoms with E-state index in [0.29, 0.717) is 35.5 Å². The summed E-state index contributed by atoms with van der Waals surface area (Å²) in [4.78, 5) is 7.55. The number of para-hydroxylation sites is 4. The van der Waals surface area contributed by atoms with Gasteiger partial charge >= 0.3 is 263 Å². The third kappa shape index (κ3) is 23.8. The molecule has 4 aromatic rings. The first-order valence-electron chi connectivity index (χ1n) is 34.3. The molecule has 9 rings (SSSR count). The van der Waals surface area contributed by atoms with Crippen molar-refractivity contribution < 1.29 is 53.9 Å². The van der Waals surface area contributed by atoms with Crippen molar-refractivity contribution in [2.75, 3.05) is 48.4 Å². The third-order valence-corrected chi connectivity index (χ3v) is 32.4. The Kier molecular flexibility index (Phi) is 35.3. The summed E-state index contributed by atoms with van der Waals surface area (Å²) in [6, 6.07) is 28.4. The van der Waals surface area contributed by atoms with E-state index in [1.165, 1.54) is 147 Å². The molecule has 0 spiro atoms. The fourth-order valence-corrected chi connectivity index (χ4v) is 32.5. The summed E-state index contributed by atoms with van der Waals surface area (Å²) in [7, 11) is 24.7. The number of hydrogen-bond donors (Lipinski definition) is 0. The maximum absolute atomic E-state index is 9.67. The molecule has 5 aliphatic rings. The topological polar surface area (TPSA) is 22.5 Å². The van der Waals surface area contributed by atoms with Crippen molar-refractivity contribution in [2.24, 2.45) is 0 Å². The van der Waals surface area contributed by atoms with E-state index >= 15 is 0 Å². The second kappa shape index (κ2) is 39.3. The molecule has 0 bridgehead atoms. The summed E-state index contributed by atoms with van der Waals surface area (Å²) in [5.74, 6) is 4.11. The normalized spacial score (nSPS) is 18.2. The van der Waals surface area contributed by atoms with Crippen LogP contribution in [0.3, 0.4) is 0 Å². The van der Waals surface area contributed by atoms with Gasteiger partial charge in [-0.1, -0.05) is 138 Å². The van der Waals surface area contributed by atoms with Crippen LogP contribution in [0.15, 0.2) is 78.9 Å². The number of aromatic hydroxyl groups is 1. The number of likely N-dealkylation sites (N-methyl/N-ethyl adjacent to an activating group) is 1. The van der Waals surface area contributed by atoms with Gasteiger partial charge in [0.2, 0.25) is 0 Å². The number of rotatable bonds is 16. The molecule has 5 fully saturated rings. The van der Waals surface area contributed by atoms with Gasteiger partial charge in [0.15, 0.2) is 0 Å². The Morgan fingerprint density at radius 1 is 0.522 bits per heavy atom. The Hall–Kier alpha value is -1.60. The third-order valence-electron chi connectivity index (χ3n) is 18.9. The molecule has 0 unspecified atom stereocenters. The summed E-state index contributed by atoms with van der Waals surface area (Å²) >= 11 is -3.43. The van der Waals surface area contributed by atoms with E-state index in [-0.39, 0.29) is 16.3 Å². The summed E-state index contributed by atoms with van der Waals surface area (Å²) in [5, 5.41) is 0. The minimum Gasteiger partial charge on any atom is -1.00 e. The predicted molar refractivity (Wildman–Crippen MR) is 395 cm³/mol. The van der Waals surface area contributed by atoms with E-state index in [4.69, 9.17) is 38.8 Å². The number of ether oxygens (including phenoxy) is 1. The Morgan fingerprint density at radius 3 is 1.13 bits per heavy atom. The summed E-state index contributed by atoms with van der Waals surface area (Å²) in [5.41, 5.74) is 17.2. The number of hydrogen-bond acceptors (Lipinski definition) is 3. The number of nitrogens with zero attached hydrogens (tertiary/aromatic N) is 4. The zero-order chi connectivity index (χ0) is 67.5. The number of halogens is 8. The van der Waals surface area contributed by atoms with Crippen molar-refractivity contribution >= 4 is 79.6 Å². The van der Waals surface area contributed by atoms with Crippen LogP contribution in [-0.2, 0) is 27.0 Å². The molecule has 92 heavy (non-hydrogen) atoms. The molecule has 4 aromatic carbocycles. The fraction of sp³-hybridized carbons (Fsp3) is 0.627. The SMILES string of the molecule is CC(C)[OH+]c1ccccc1[CH]=[Ru]([Cl])[Cl].CC(C)c1cccc(C(C)C)c1N1[CH-]N(c2c(C(C)C)cccc2C(C)C)CC1.CC(C)c1cccc(C(C)C)c1N1[CH-][N+](C)(C)CC1(C)C.FB(F)F.[Cl][Ru]([Cl])=[CH][P+](C1CCCCC1)(C1CCCCC1)C1CCCCC1.[F-]. The van der Waals surface area contributed by atoms with Crippen LogP contribution >= 0.6 is 46.0 Å². The van der Waals surface area contributed by atoms with Crippen LogP contribution in [0.4, 0.5) is 30.0 Å². The molecule has 2 aliphatic heterocycles. The van der Waals surface area contributed by atoms with E-state index in [0.717, 1.165) is 52.4 Å². The van der Waals surface area contributed by atoms with Crippen molar-refractivity contribution in [3.63, 3.8) is 0 Å². The molecule has 0 aromatic heterocycles. The minimum absolute atomic E-state index is 0. The Labute approximate surface area is 585 Å². The van der Waals surface area contributed by atoms with Crippen LogP contribution in [0.25, 0.3) is 0 Å². The van der Waals surface area contributed by atoms with Gasteiger partial charge in [-0.05, 0) is 89.4 Å². The number of quaternary nitrogens is 1. The molecular weight excluding hydrogens is 1430 g/mol. The second-order valence-corrected chi connectivity index (χ2v) is 45.9. The Balaban J connectivity index is 0.000000262. The van der Waals surface area contributed by atoms with Crippen LogP contribution in [-0.4, -0.2) is 88.1 Å². The molecule has 3 aliphatic carbocycles. The fourth-order valence-electron chi connectivity index (χ4n) is 15.1. The van der Waals surface area contributed by atoms with Gasteiger partial charge in [0, 0.05) is 44.2 Å². The van der Waals surface area contributed by atoms with E-state index < -0.39 is 41.8 Å². The smallest absolute Gasteiger partial charge is 1.00 e. The molecule has 0 radical (unpaired) electrons. The van der Waals surface area contributed by atoms with Crippen molar-refractivity contribution in [1.29, 1.82) is 0 Å². The zero-order valence-electron chi connectivity index (χ0n) is 59.3. The van der Waals surface area contributed by atoms with E-state index in [9.17, 15) is 12.9 Å². The molecule has 2 heterocycles. The summed E-state index contributed by atoms with van der Waals surface area (Å²) in [6.07, 6.45) is 22.5. The standard InChI is InChI=1S/C27H39N2.C19H32N2.C19H34P.C10H12O.BF3.4ClH.FH.2Ru/c1-18(2)22-11-9-12-23(19(3)4)26(22)28-15-16-29(17-28)27-24(20(5)6)13-10-14-25(27)21(7)8;1-14(2)16-10-9-11-17(15(3)4)18(16)20-13-21(7,8)12-19(20,5)6;1-20(17-11-5-2-6-12-17,18-13-7-3-8-14-18)19-15-9-4-10-16-19;1-8(2)11-10-7-5-4-6-9(10)3;2-1(3)4;;;;;;;/h9-14,17-21H,15-16H2,1-8H3;9-11,13-15H,12H2,1-8H3;1,17-19H,2-16H2;3-8H,1-2H3;;5*1H;;/q-1;;+1;;;;;;;;2*+2/p-4. The first kappa shape index (κ1) is 82.8. The summed E-state index contributed by atoms with van der Waals surface area (Å²) < 4.78 is 39.1. The first-order chi connectivity index (χ1) is 42.8. The Morgan fingerprint density at radius 2 is 0.848 bits per heavy atom. The number of aliphatic hydroxyl groups is 1. The van der Waals surface area contributed by atoms with Crippen molar-refractivity contribution in [3.05, 3.63) is 131 Å². The molecule has 0 atom stereocenters. The van der Waals surface area contributed by atoms with Crippen LogP contribution in [0.2, 0.25) is 0 Å². The van der Waals surface area contributed by atoms with Gasteiger partial charge in [-0.25, -0.2) is 0 Å².